The predicted octanol–water partition coefficient (Wildman–Crippen LogP) is 0.592. The van der Waals surface area contributed by atoms with Gasteiger partial charge in [-0.05, 0) is 6.42 Å². The van der Waals surface area contributed by atoms with Crippen LogP contribution in [0.25, 0.3) is 0 Å². The van der Waals surface area contributed by atoms with E-state index in [1.54, 1.807) is 5.01 Å². The molecule has 7 heavy (non-hydrogen) atoms. The number of nitrogens with two attached hydrogens (primary N) is 1. The van der Waals surface area contributed by atoms with E-state index in [0.29, 0.717) is 0 Å². The summed E-state index contributed by atoms with van der Waals surface area (Å²) in [6, 6.07) is 0. The van der Waals surface area contributed by atoms with Crippen LogP contribution in [0.2, 0.25) is 0 Å². The number of hydrogen-bond donors (Lipinski definition) is 1. The first-order chi connectivity index (χ1) is 3.31. The summed E-state index contributed by atoms with van der Waals surface area (Å²) < 4.78 is 0. The van der Waals surface area contributed by atoms with Crippen LogP contribution in [0, 0.1) is 0 Å². The molecule has 0 saturated carbocycles. The normalized spacial score (nSPS) is 10.3. The third kappa shape index (κ3) is 3.76. The van der Waals surface area contributed by atoms with Crippen molar-refractivity contribution in [1.82, 2.24) is 5.01 Å². The van der Waals surface area contributed by atoms with Crippen LogP contribution in [0.15, 0.2) is 0 Å². The fourth-order valence-corrected chi connectivity index (χ4v) is 0.445. The van der Waals surface area contributed by atoms with Crippen molar-refractivity contribution in [2.75, 3.05) is 13.1 Å². The molecule has 0 heterocycles. The number of rotatable bonds is 3. The molecule has 2 N–H and O–H groups in total. The van der Waals surface area contributed by atoms with Gasteiger partial charge in [0.05, 0.1) is 0 Å². The predicted molar refractivity (Wildman–Crippen MR) is 31.7 cm³/mol. The van der Waals surface area contributed by atoms with Crippen LogP contribution in [0.5, 0.6) is 0 Å². The molecule has 44 valence electrons. The second-order valence-electron chi connectivity index (χ2n) is 1.63. The average molecular weight is 102 g/mol. The smallest absolute Gasteiger partial charge is 0.0125 e. The van der Waals surface area contributed by atoms with Crippen LogP contribution >= 0.6 is 0 Å². The maximum absolute atomic E-state index is 5.42. The minimum absolute atomic E-state index is 0.952. The lowest BCUT2D eigenvalue weighted by atomic mass is 10.5. The molecule has 0 saturated heterocycles. The highest BCUT2D eigenvalue weighted by Crippen LogP contribution is 1.78. The maximum Gasteiger partial charge on any atom is 0.0125 e. The van der Waals surface area contributed by atoms with Crippen LogP contribution in [-0.2, 0) is 0 Å². The van der Waals surface area contributed by atoms with E-state index in [1.807, 2.05) is 0 Å². The van der Waals surface area contributed by atoms with Gasteiger partial charge >= 0.3 is 0 Å². The summed E-state index contributed by atoms with van der Waals surface area (Å²) in [5.41, 5.74) is 0. The van der Waals surface area contributed by atoms with Crippen molar-refractivity contribution in [3.8, 4) is 0 Å². The molecule has 0 amide bonds. The summed E-state index contributed by atoms with van der Waals surface area (Å²) in [6.07, 6.45) is 1.14. The first-order valence-corrected chi connectivity index (χ1v) is 2.80. The zero-order chi connectivity index (χ0) is 5.70. The zero-order valence-electron chi connectivity index (χ0n) is 5.15. The Bertz CT molecular complexity index is 37.1. The van der Waals surface area contributed by atoms with E-state index in [0.717, 1.165) is 19.5 Å². The van der Waals surface area contributed by atoms with Gasteiger partial charge in [-0.2, -0.15) is 0 Å². The average Bonchev–Trinajstić information content (AvgIpc) is 1.68. The Labute approximate surface area is 45.3 Å². The Kier molecular flexibility index (Phi) is 4.04. The van der Waals surface area contributed by atoms with Gasteiger partial charge in [0, 0.05) is 13.1 Å². The van der Waals surface area contributed by atoms with Gasteiger partial charge in [0.25, 0.3) is 0 Å². The standard InChI is InChI=1S/C5H14N2/c1-3-5-7(6)4-2/h3-6H2,1-2H3. The summed E-state index contributed by atoms with van der Waals surface area (Å²) in [6.45, 7) is 6.13. The van der Waals surface area contributed by atoms with Gasteiger partial charge in [-0.1, -0.05) is 13.8 Å². The van der Waals surface area contributed by atoms with Gasteiger partial charge in [-0.25, -0.2) is 5.01 Å². The topological polar surface area (TPSA) is 29.3 Å². The molecule has 0 unspecified atom stereocenters. The molecule has 0 aliphatic rings. The summed E-state index contributed by atoms with van der Waals surface area (Å²) in [5, 5.41) is 1.81. The molecule has 0 aliphatic carbocycles. The highest BCUT2D eigenvalue weighted by Gasteiger charge is 1.86. The van der Waals surface area contributed by atoms with Crippen molar-refractivity contribution in [3.63, 3.8) is 0 Å². The first kappa shape index (κ1) is 6.92. The lowest BCUT2D eigenvalue weighted by molar-refractivity contribution is 0.300. The van der Waals surface area contributed by atoms with E-state index in [-0.39, 0.29) is 0 Å². The SMILES string of the molecule is CCCN(N)CC. The van der Waals surface area contributed by atoms with Gasteiger partial charge in [-0.15, -0.1) is 0 Å². The van der Waals surface area contributed by atoms with Crippen molar-refractivity contribution in [3.05, 3.63) is 0 Å². The highest BCUT2D eigenvalue weighted by atomic mass is 15.4. The molecule has 0 aromatic rings. The third-order valence-electron chi connectivity index (χ3n) is 0.917. The van der Waals surface area contributed by atoms with Crippen molar-refractivity contribution < 1.29 is 0 Å². The van der Waals surface area contributed by atoms with Gasteiger partial charge in [-0.3, -0.25) is 5.84 Å². The van der Waals surface area contributed by atoms with Gasteiger partial charge in [0.2, 0.25) is 0 Å². The van der Waals surface area contributed by atoms with Crippen molar-refractivity contribution >= 4 is 0 Å². The highest BCUT2D eigenvalue weighted by molar-refractivity contribution is 4.38. The molecule has 0 radical (unpaired) electrons. The minimum atomic E-state index is 0.952. The van der Waals surface area contributed by atoms with Gasteiger partial charge in [0.15, 0.2) is 0 Å². The molecule has 0 aromatic heterocycles. The number of nitrogens with zero attached hydrogens (tertiary/aromatic N) is 1. The van der Waals surface area contributed by atoms with E-state index in [1.165, 1.54) is 0 Å². The molecular weight excluding hydrogens is 88.1 g/mol. The lowest BCUT2D eigenvalue weighted by Gasteiger charge is -2.09. The maximum atomic E-state index is 5.42. The van der Waals surface area contributed by atoms with Crippen LogP contribution in [0.3, 0.4) is 0 Å². The van der Waals surface area contributed by atoms with Crippen LogP contribution in [0.4, 0.5) is 0 Å². The van der Waals surface area contributed by atoms with Crippen molar-refractivity contribution in [2.24, 2.45) is 5.84 Å². The van der Waals surface area contributed by atoms with Crippen LogP contribution < -0.4 is 5.84 Å². The van der Waals surface area contributed by atoms with Crippen molar-refractivity contribution in [2.45, 2.75) is 20.3 Å². The summed E-state index contributed by atoms with van der Waals surface area (Å²) in [7, 11) is 0. The Morgan fingerprint density at radius 1 is 1.43 bits per heavy atom. The molecule has 0 bridgehead atoms. The lowest BCUT2D eigenvalue weighted by Crippen LogP contribution is -2.30. The Hall–Kier alpha value is -0.0800. The van der Waals surface area contributed by atoms with E-state index >= 15 is 0 Å². The zero-order valence-corrected chi connectivity index (χ0v) is 5.15. The molecule has 0 fully saturated rings. The second-order valence-corrected chi connectivity index (χ2v) is 1.63. The quantitative estimate of drug-likeness (QED) is 0.417. The van der Waals surface area contributed by atoms with E-state index in [4.69, 9.17) is 5.84 Å². The second kappa shape index (κ2) is 4.09. The summed E-state index contributed by atoms with van der Waals surface area (Å²) in [4.78, 5) is 0. The Balaban J connectivity index is 2.83. The van der Waals surface area contributed by atoms with Gasteiger partial charge in [0.1, 0.15) is 0 Å². The molecule has 0 aromatic carbocycles. The first-order valence-electron chi connectivity index (χ1n) is 2.80. The van der Waals surface area contributed by atoms with Crippen LogP contribution in [0.1, 0.15) is 20.3 Å². The molecule has 2 heteroatoms. The Morgan fingerprint density at radius 3 is 2.14 bits per heavy atom. The largest absolute Gasteiger partial charge is 0.269 e. The number of hydrogen-bond acceptors (Lipinski definition) is 2. The fourth-order valence-electron chi connectivity index (χ4n) is 0.445. The number of hydrazine groups is 1. The van der Waals surface area contributed by atoms with E-state index in [9.17, 15) is 0 Å². The summed E-state index contributed by atoms with van der Waals surface area (Å²) in [5.74, 6) is 5.42. The monoisotopic (exact) mass is 102 g/mol. The molecular formula is C5H14N2. The van der Waals surface area contributed by atoms with Crippen LogP contribution in [-0.4, -0.2) is 18.1 Å². The van der Waals surface area contributed by atoms with E-state index < -0.39 is 0 Å². The molecule has 2 nitrogen and oxygen atoms in total. The van der Waals surface area contributed by atoms with Crippen molar-refractivity contribution in [1.29, 1.82) is 0 Å². The molecule has 0 rings (SSSR count). The minimum Gasteiger partial charge on any atom is -0.269 e. The molecule has 0 spiro atoms. The molecule has 0 aliphatic heterocycles. The molecule has 0 atom stereocenters. The van der Waals surface area contributed by atoms with Gasteiger partial charge < -0.3 is 0 Å². The third-order valence-corrected chi connectivity index (χ3v) is 0.917. The fraction of sp³-hybridized carbons (Fsp3) is 1.00. The summed E-state index contributed by atoms with van der Waals surface area (Å²) >= 11 is 0. The van der Waals surface area contributed by atoms with E-state index in [2.05, 4.69) is 13.8 Å². The Morgan fingerprint density at radius 2 is 2.00 bits per heavy atom.